The number of piperidine rings is 1. The van der Waals surface area contributed by atoms with E-state index in [1.807, 2.05) is 0 Å². The van der Waals surface area contributed by atoms with Crippen LogP contribution in [0, 0.1) is 0 Å². The lowest BCUT2D eigenvalue weighted by atomic mass is 9.97. The summed E-state index contributed by atoms with van der Waals surface area (Å²) in [7, 11) is 2.13. The topological polar surface area (TPSA) is 46.3 Å². The molecule has 0 N–H and O–H groups in total. The van der Waals surface area contributed by atoms with Gasteiger partial charge in [-0.15, -0.1) is 0 Å². The van der Waals surface area contributed by atoms with Gasteiger partial charge in [-0.3, -0.25) is 4.79 Å². The molecular formula is C12H18N2O2. The van der Waals surface area contributed by atoms with E-state index < -0.39 is 0 Å². The number of hydrogen-bond acceptors (Lipinski definition) is 4. The van der Waals surface area contributed by atoms with E-state index in [-0.39, 0.29) is 5.78 Å². The quantitative estimate of drug-likeness (QED) is 0.779. The third-order valence-corrected chi connectivity index (χ3v) is 3.06. The van der Waals surface area contributed by atoms with Crippen molar-refractivity contribution in [3.8, 4) is 0 Å². The van der Waals surface area contributed by atoms with E-state index in [0.717, 1.165) is 31.8 Å². The molecule has 0 amide bonds. The number of hydrogen-bond donors (Lipinski definition) is 0. The van der Waals surface area contributed by atoms with Crippen LogP contribution in [-0.4, -0.2) is 35.8 Å². The summed E-state index contributed by atoms with van der Waals surface area (Å²) in [5, 5.41) is 0. The van der Waals surface area contributed by atoms with Gasteiger partial charge in [0.1, 0.15) is 11.5 Å². The van der Waals surface area contributed by atoms with Crippen molar-refractivity contribution in [1.82, 2.24) is 9.88 Å². The number of oxazole rings is 1. The molecule has 1 fully saturated rings. The zero-order valence-corrected chi connectivity index (χ0v) is 9.90. The minimum Gasteiger partial charge on any atom is -0.445 e. The van der Waals surface area contributed by atoms with Crippen LogP contribution < -0.4 is 0 Å². The number of likely N-dealkylation sites (tertiary alicyclic amines) is 1. The maximum atomic E-state index is 10.9. The van der Waals surface area contributed by atoms with Gasteiger partial charge in [0.15, 0.2) is 5.89 Å². The predicted molar refractivity (Wildman–Crippen MR) is 60.4 cm³/mol. The molecule has 0 atom stereocenters. The second-order valence-electron chi connectivity index (χ2n) is 4.62. The van der Waals surface area contributed by atoms with Crippen LogP contribution in [0.15, 0.2) is 10.6 Å². The number of nitrogens with zero attached hydrogens (tertiary/aromatic N) is 2. The second-order valence-corrected chi connectivity index (χ2v) is 4.62. The monoisotopic (exact) mass is 222 g/mol. The number of ketones is 1. The van der Waals surface area contributed by atoms with Crippen LogP contribution in [0.2, 0.25) is 0 Å². The highest BCUT2D eigenvalue weighted by atomic mass is 16.4. The predicted octanol–water partition coefficient (Wildman–Crippen LogP) is 1.62. The highest BCUT2D eigenvalue weighted by molar-refractivity contribution is 5.77. The van der Waals surface area contributed by atoms with Gasteiger partial charge in [-0.1, -0.05) is 0 Å². The van der Waals surface area contributed by atoms with Crippen LogP contribution >= 0.6 is 0 Å². The minimum atomic E-state index is 0.117. The molecule has 0 radical (unpaired) electrons. The fourth-order valence-electron chi connectivity index (χ4n) is 2.09. The first-order valence-corrected chi connectivity index (χ1v) is 5.77. The highest BCUT2D eigenvalue weighted by Gasteiger charge is 2.22. The van der Waals surface area contributed by atoms with Gasteiger partial charge in [-0.05, 0) is 39.9 Å². The molecule has 1 aromatic heterocycles. The van der Waals surface area contributed by atoms with E-state index >= 15 is 0 Å². The lowest BCUT2D eigenvalue weighted by Gasteiger charge is -2.26. The van der Waals surface area contributed by atoms with Crippen molar-refractivity contribution in [2.45, 2.75) is 32.1 Å². The molecule has 4 nitrogen and oxygen atoms in total. The summed E-state index contributed by atoms with van der Waals surface area (Å²) in [6.07, 6.45) is 4.24. The summed E-state index contributed by atoms with van der Waals surface area (Å²) in [5.74, 6) is 2.05. The molecule has 88 valence electrons. The number of carbonyl (C=O) groups excluding carboxylic acids is 1. The Bertz CT molecular complexity index is 365. The van der Waals surface area contributed by atoms with Gasteiger partial charge in [0.05, 0.1) is 12.6 Å². The Morgan fingerprint density at radius 1 is 1.56 bits per heavy atom. The third-order valence-electron chi connectivity index (χ3n) is 3.06. The van der Waals surface area contributed by atoms with Crippen molar-refractivity contribution in [1.29, 1.82) is 0 Å². The van der Waals surface area contributed by atoms with E-state index in [2.05, 4.69) is 16.9 Å². The Labute approximate surface area is 95.6 Å². The summed E-state index contributed by atoms with van der Waals surface area (Å²) < 4.78 is 5.62. The smallest absolute Gasteiger partial charge is 0.197 e. The van der Waals surface area contributed by atoms with Crippen molar-refractivity contribution in [3.63, 3.8) is 0 Å². The molecular weight excluding hydrogens is 204 g/mol. The van der Waals surface area contributed by atoms with Gasteiger partial charge in [0, 0.05) is 5.92 Å². The second kappa shape index (κ2) is 4.78. The molecule has 1 saturated heterocycles. The lowest BCUT2D eigenvalue weighted by Crippen LogP contribution is -2.29. The Morgan fingerprint density at radius 2 is 2.25 bits per heavy atom. The molecule has 1 aliphatic rings. The molecule has 4 heteroatoms. The van der Waals surface area contributed by atoms with Gasteiger partial charge in [0.25, 0.3) is 0 Å². The van der Waals surface area contributed by atoms with Gasteiger partial charge in [0.2, 0.25) is 0 Å². The first kappa shape index (κ1) is 11.3. The molecule has 16 heavy (non-hydrogen) atoms. The van der Waals surface area contributed by atoms with E-state index in [1.165, 1.54) is 0 Å². The van der Waals surface area contributed by atoms with Crippen LogP contribution in [0.4, 0.5) is 0 Å². The van der Waals surface area contributed by atoms with E-state index in [4.69, 9.17) is 4.42 Å². The van der Waals surface area contributed by atoms with Gasteiger partial charge >= 0.3 is 0 Å². The van der Waals surface area contributed by atoms with E-state index in [1.54, 1.807) is 13.1 Å². The molecule has 1 aromatic rings. The molecule has 0 aliphatic carbocycles. The number of carbonyl (C=O) groups is 1. The van der Waals surface area contributed by atoms with Crippen LogP contribution in [0.3, 0.4) is 0 Å². The highest BCUT2D eigenvalue weighted by Crippen LogP contribution is 2.27. The molecule has 1 aliphatic heterocycles. The summed E-state index contributed by atoms with van der Waals surface area (Å²) in [6.45, 7) is 3.75. The van der Waals surface area contributed by atoms with Crippen molar-refractivity contribution in [2.75, 3.05) is 20.1 Å². The average molecular weight is 222 g/mol. The number of Topliss-reactive ketones (excluding diaryl/α,β-unsaturated/α-hetero) is 1. The maximum absolute atomic E-state index is 10.9. The molecule has 2 heterocycles. The number of rotatable bonds is 3. The molecule has 0 aromatic carbocycles. The molecule has 0 spiro atoms. The van der Waals surface area contributed by atoms with Crippen LogP contribution in [-0.2, 0) is 11.2 Å². The summed E-state index contributed by atoms with van der Waals surface area (Å²) in [5.41, 5.74) is 0. The maximum Gasteiger partial charge on any atom is 0.197 e. The molecule has 0 saturated carbocycles. The zero-order valence-electron chi connectivity index (χ0n) is 9.90. The van der Waals surface area contributed by atoms with Crippen LogP contribution in [0.25, 0.3) is 0 Å². The minimum absolute atomic E-state index is 0.117. The van der Waals surface area contributed by atoms with Crippen molar-refractivity contribution in [3.05, 3.63) is 17.8 Å². The van der Waals surface area contributed by atoms with Crippen molar-refractivity contribution in [2.24, 2.45) is 0 Å². The van der Waals surface area contributed by atoms with E-state index in [0.29, 0.717) is 18.1 Å². The summed E-state index contributed by atoms with van der Waals surface area (Å²) >= 11 is 0. The van der Waals surface area contributed by atoms with Gasteiger partial charge in [-0.25, -0.2) is 4.98 Å². The fraction of sp³-hybridized carbons (Fsp3) is 0.667. The average Bonchev–Trinajstić information content (AvgIpc) is 2.66. The standard InChI is InChI=1S/C12H18N2O2/c1-9(15)7-11-8-13-12(16-11)10-3-5-14(2)6-4-10/h8,10H,3-7H2,1-2H3. The normalized spacial score (nSPS) is 18.9. The van der Waals surface area contributed by atoms with Crippen LogP contribution in [0.1, 0.15) is 37.3 Å². The SMILES string of the molecule is CC(=O)Cc1cnc(C2CCN(C)CC2)o1. The zero-order chi connectivity index (χ0) is 11.5. The molecule has 2 rings (SSSR count). The Morgan fingerprint density at radius 3 is 2.88 bits per heavy atom. The Kier molecular flexibility index (Phi) is 3.39. The van der Waals surface area contributed by atoms with E-state index in [9.17, 15) is 4.79 Å². The van der Waals surface area contributed by atoms with Gasteiger partial charge < -0.3 is 9.32 Å². The number of aromatic nitrogens is 1. The Balaban J connectivity index is 1.99. The van der Waals surface area contributed by atoms with Gasteiger partial charge in [-0.2, -0.15) is 0 Å². The lowest BCUT2D eigenvalue weighted by molar-refractivity contribution is -0.116. The third kappa shape index (κ3) is 2.70. The molecule has 0 bridgehead atoms. The fourth-order valence-corrected chi connectivity index (χ4v) is 2.09. The molecule has 0 unspecified atom stereocenters. The van der Waals surface area contributed by atoms with Crippen molar-refractivity contribution < 1.29 is 9.21 Å². The van der Waals surface area contributed by atoms with Crippen LogP contribution in [0.5, 0.6) is 0 Å². The Hall–Kier alpha value is -1.16. The first-order valence-electron chi connectivity index (χ1n) is 5.77. The summed E-state index contributed by atoms with van der Waals surface area (Å²) in [6, 6.07) is 0. The first-order chi connectivity index (χ1) is 7.65. The van der Waals surface area contributed by atoms with Crippen molar-refractivity contribution >= 4 is 5.78 Å². The summed E-state index contributed by atoms with van der Waals surface area (Å²) in [4.78, 5) is 17.5. The largest absolute Gasteiger partial charge is 0.445 e.